The van der Waals surface area contributed by atoms with E-state index in [1.54, 1.807) is 18.4 Å². The molecule has 5 nitrogen and oxygen atoms in total. The predicted octanol–water partition coefficient (Wildman–Crippen LogP) is 1.38. The Bertz CT molecular complexity index is 502. The third-order valence-electron chi connectivity index (χ3n) is 6.70. The summed E-state index contributed by atoms with van der Waals surface area (Å²) in [6.45, 7) is 3.14. The normalized spacial score (nSPS) is 43.1. The van der Waals surface area contributed by atoms with E-state index in [1.807, 2.05) is 0 Å². The van der Waals surface area contributed by atoms with Crippen molar-refractivity contribution >= 4 is 10.2 Å². The highest BCUT2D eigenvalue weighted by Gasteiger charge is 2.53. The third kappa shape index (κ3) is 2.34. The maximum Gasteiger partial charge on any atom is 0.281 e. The molecule has 5 fully saturated rings. The van der Waals surface area contributed by atoms with Crippen molar-refractivity contribution in [3.8, 4) is 0 Å². The maximum atomic E-state index is 12.3. The lowest BCUT2D eigenvalue weighted by molar-refractivity contribution is -0.0966. The molecule has 1 heterocycles. The number of hydrogen-bond acceptors (Lipinski definition) is 3. The summed E-state index contributed by atoms with van der Waals surface area (Å²) in [6, 6.07) is 0. The zero-order valence-electron chi connectivity index (χ0n) is 13.9. The zero-order valence-corrected chi connectivity index (χ0v) is 14.7. The van der Waals surface area contributed by atoms with Crippen molar-refractivity contribution in [1.82, 2.24) is 13.5 Å². The van der Waals surface area contributed by atoms with Gasteiger partial charge in [-0.05, 0) is 56.3 Å². The first-order valence-corrected chi connectivity index (χ1v) is 10.2. The minimum Gasteiger partial charge on any atom is -0.295 e. The number of hydrogen-bond donors (Lipinski definition) is 0. The van der Waals surface area contributed by atoms with Crippen LogP contribution in [0.1, 0.15) is 38.5 Å². The van der Waals surface area contributed by atoms with Gasteiger partial charge in [0, 0.05) is 45.8 Å². The van der Waals surface area contributed by atoms with E-state index in [9.17, 15) is 8.42 Å². The molecule has 0 unspecified atom stereocenters. The van der Waals surface area contributed by atoms with Gasteiger partial charge in [-0.25, -0.2) is 0 Å². The summed E-state index contributed by atoms with van der Waals surface area (Å²) in [7, 11) is 0.0122. The Labute approximate surface area is 134 Å². The van der Waals surface area contributed by atoms with Gasteiger partial charge in [-0.3, -0.25) is 4.90 Å². The fourth-order valence-electron chi connectivity index (χ4n) is 6.08. The molecule has 4 saturated carbocycles. The van der Waals surface area contributed by atoms with Crippen LogP contribution in [0.25, 0.3) is 0 Å². The molecule has 5 aliphatic rings. The number of rotatable bonds is 3. The second-order valence-corrected chi connectivity index (χ2v) is 10.5. The van der Waals surface area contributed by atoms with Crippen LogP contribution in [0.2, 0.25) is 0 Å². The largest absolute Gasteiger partial charge is 0.295 e. The van der Waals surface area contributed by atoms with Crippen LogP contribution in [0.5, 0.6) is 0 Å². The van der Waals surface area contributed by atoms with Crippen molar-refractivity contribution in [3.05, 3.63) is 0 Å². The molecule has 1 aliphatic heterocycles. The molecule has 4 bridgehead atoms. The van der Waals surface area contributed by atoms with Crippen LogP contribution in [-0.4, -0.2) is 67.7 Å². The first-order chi connectivity index (χ1) is 10.4. The Balaban J connectivity index is 1.46. The minimum absolute atomic E-state index is 0.419. The Morgan fingerprint density at radius 2 is 1.32 bits per heavy atom. The van der Waals surface area contributed by atoms with E-state index in [2.05, 4.69) is 4.90 Å². The topological polar surface area (TPSA) is 43.9 Å². The van der Waals surface area contributed by atoms with Crippen LogP contribution in [0.4, 0.5) is 0 Å². The SMILES string of the molecule is CN(C)S(=O)(=O)N1CCN(C23CC4CC(CC(C4)C2)C3)CC1. The van der Waals surface area contributed by atoms with E-state index < -0.39 is 10.2 Å². The molecule has 22 heavy (non-hydrogen) atoms. The monoisotopic (exact) mass is 327 g/mol. The Morgan fingerprint density at radius 1 is 0.864 bits per heavy atom. The molecule has 5 rings (SSSR count). The molecule has 0 spiro atoms. The summed E-state index contributed by atoms with van der Waals surface area (Å²) in [5.74, 6) is 2.86. The maximum absolute atomic E-state index is 12.3. The van der Waals surface area contributed by atoms with Gasteiger partial charge < -0.3 is 0 Å². The molecule has 0 aromatic rings. The first-order valence-electron chi connectivity index (χ1n) is 8.82. The standard InChI is InChI=1S/C16H29N3O2S/c1-17(2)22(20,21)19-5-3-18(4-6-19)16-10-13-7-14(11-16)9-15(8-13)12-16/h13-15H,3-12H2,1-2H3. The van der Waals surface area contributed by atoms with E-state index in [-0.39, 0.29) is 0 Å². The second-order valence-electron chi connectivity index (χ2n) is 8.32. The van der Waals surface area contributed by atoms with Gasteiger partial charge in [0.05, 0.1) is 0 Å². The molecule has 0 aromatic heterocycles. The Hall–Kier alpha value is -0.170. The molecule has 4 aliphatic carbocycles. The van der Waals surface area contributed by atoms with Crippen molar-refractivity contribution in [1.29, 1.82) is 0 Å². The summed E-state index contributed by atoms with van der Waals surface area (Å²) >= 11 is 0. The molecular weight excluding hydrogens is 298 g/mol. The Morgan fingerprint density at radius 3 is 1.73 bits per heavy atom. The summed E-state index contributed by atoms with van der Waals surface area (Å²) in [5.41, 5.74) is 0.419. The van der Waals surface area contributed by atoms with Crippen LogP contribution < -0.4 is 0 Å². The lowest BCUT2D eigenvalue weighted by atomic mass is 9.52. The van der Waals surface area contributed by atoms with E-state index >= 15 is 0 Å². The molecule has 1 saturated heterocycles. The van der Waals surface area contributed by atoms with Crippen LogP contribution in [0.15, 0.2) is 0 Å². The number of piperazine rings is 1. The highest BCUT2D eigenvalue weighted by atomic mass is 32.2. The third-order valence-corrected chi connectivity index (χ3v) is 8.64. The average Bonchev–Trinajstić information content (AvgIpc) is 2.46. The molecular formula is C16H29N3O2S. The summed E-state index contributed by atoms with van der Waals surface area (Å²) in [5, 5.41) is 0. The van der Waals surface area contributed by atoms with E-state index in [1.165, 1.54) is 42.8 Å². The van der Waals surface area contributed by atoms with Crippen molar-refractivity contribution in [2.45, 2.75) is 44.1 Å². The summed E-state index contributed by atoms with van der Waals surface area (Å²) in [6.07, 6.45) is 8.52. The smallest absolute Gasteiger partial charge is 0.281 e. The van der Waals surface area contributed by atoms with Gasteiger partial charge >= 0.3 is 0 Å². The van der Waals surface area contributed by atoms with Crippen LogP contribution in [-0.2, 0) is 10.2 Å². The van der Waals surface area contributed by atoms with Crippen molar-refractivity contribution in [2.24, 2.45) is 17.8 Å². The van der Waals surface area contributed by atoms with Crippen molar-refractivity contribution in [3.63, 3.8) is 0 Å². The molecule has 0 N–H and O–H groups in total. The van der Waals surface area contributed by atoms with Gasteiger partial charge in [0.15, 0.2) is 0 Å². The van der Waals surface area contributed by atoms with Gasteiger partial charge in [0.25, 0.3) is 10.2 Å². The summed E-state index contributed by atoms with van der Waals surface area (Å²) < 4.78 is 27.5. The predicted molar refractivity (Wildman–Crippen MR) is 86.7 cm³/mol. The number of nitrogens with zero attached hydrogens (tertiary/aromatic N) is 3. The lowest BCUT2D eigenvalue weighted by Gasteiger charge is -2.61. The molecule has 126 valence electrons. The average molecular weight is 327 g/mol. The fraction of sp³-hybridized carbons (Fsp3) is 1.00. The van der Waals surface area contributed by atoms with Crippen molar-refractivity contribution < 1.29 is 8.42 Å². The highest BCUT2D eigenvalue weighted by molar-refractivity contribution is 7.86. The van der Waals surface area contributed by atoms with E-state index in [0.29, 0.717) is 18.6 Å². The molecule has 6 heteroatoms. The quantitative estimate of drug-likeness (QED) is 0.786. The van der Waals surface area contributed by atoms with Crippen molar-refractivity contribution in [2.75, 3.05) is 40.3 Å². The molecule has 0 amide bonds. The van der Waals surface area contributed by atoms with Crippen LogP contribution in [0, 0.1) is 17.8 Å². The fourth-order valence-corrected chi connectivity index (χ4v) is 7.16. The zero-order chi connectivity index (χ0) is 15.5. The van der Waals surface area contributed by atoms with Gasteiger partial charge in [-0.2, -0.15) is 17.0 Å². The summed E-state index contributed by atoms with van der Waals surface area (Å²) in [4.78, 5) is 2.67. The molecule has 0 radical (unpaired) electrons. The van der Waals surface area contributed by atoms with Gasteiger partial charge in [0.1, 0.15) is 0 Å². The van der Waals surface area contributed by atoms with E-state index in [0.717, 1.165) is 30.8 Å². The van der Waals surface area contributed by atoms with E-state index in [4.69, 9.17) is 0 Å². The van der Waals surface area contributed by atoms with Gasteiger partial charge in [0.2, 0.25) is 0 Å². The van der Waals surface area contributed by atoms with Crippen LogP contribution >= 0.6 is 0 Å². The molecule has 0 aromatic carbocycles. The van der Waals surface area contributed by atoms with Gasteiger partial charge in [-0.15, -0.1) is 0 Å². The Kier molecular flexibility index (Phi) is 3.61. The molecule has 0 atom stereocenters. The lowest BCUT2D eigenvalue weighted by Crippen LogP contribution is -2.64. The van der Waals surface area contributed by atoms with Gasteiger partial charge in [-0.1, -0.05) is 0 Å². The van der Waals surface area contributed by atoms with Crippen LogP contribution in [0.3, 0.4) is 0 Å². The minimum atomic E-state index is -3.24. The first kappa shape index (κ1) is 15.4. The highest BCUT2D eigenvalue weighted by Crippen LogP contribution is 2.57. The second kappa shape index (κ2) is 5.16.